The SMILES string of the molecule is CC(C)(CCC#N)CNc1ccc(Cl)c(Br)c1. The number of nitriles is 1. The highest BCUT2D eigenvalue weighted by atomic mass is 79.9. The number of hydrogen-bond donors (Lipinski definition) is 1. The molecule has 0 saturated heterocycles. The number of nitrogens with one attached hydrogen (secondary N) is 1. The standard InChI is InChI=1S/C13H16BrClN2/c1-13(2,6-3-7-16)9-17-10-4-5-12(15)11(14)8-10/h4-5,8,17H,3,6,9H2,1-2H3. The van der Waals surface area contributed by atoms with Gasteiger partial charge in [-0.05, 0) is 46.0 Å². The van der Waals surface area contributed by atoms with Crippen molar-refractivity contribution in [2.75, 3.05) is 11.9 Å². The van der Waals surface area contributed by atoms with Crippen LogP contribution in [-0.2, 0) is 0 Å². The zero-order chi connectivity index (χ0) is 12.9. The second kappa shape index (κ2) is 6.28. The summed E-state index contributed by atoms with van der Waals surface area (Å²) in [5, 5.41) is 12.7. The van der Waals surface area contributed by atoms with Crippen molar-refractivity contribution < 1.29 is 0 Å². The Morgan fingerprint density at radius 3 is 2.76 bits per heavy atom. The number of nitrogens with zero attached hydrogens (tertiary/aromatic N) is 1. The first kappa shape index (κ1) is 14.3. The number of anilines is 1. The van der Waals surface area contributed by atoms with Gasteiger partial charge in [-0.25, -0.2) is 0 Å². The summed E-state index contributed by atoms with van der Waals surface area (Å²) in [4.78, 5) is 0. The fourth-order valence-corrected chi connectivity index (χ4v) is 1.93. The van der Waals surface area contributed by atoms with Crippen LogP contribution in [0.3, 0.4) is 0 Å². The van der Waals surface area contributed by atoms with Crippen molar-refractivity contribution in [3.8, 4) is 6.07 Å². The summed E-state index contributed by atoms with van der Waals surface area (Å²) in [6.07, 6.45) is 1.49. The van der Waals surface area contributed by atoms with Gasteiger partial charge in [0.15, 0.2) is 0 Å². The molecule has 0 fully saturated rings. The molecule has 1 N–H and O–H groups in total. The molecule has 0 aromatic heterocycles. The lowest BCUT2D eigenvalue weighted by atomic mass is 9.88. The van der Waals surface area contributed by atoms with Crippen LogP contribution in [0.1, 0.15) is 26.7 Å². The fourth-order valence-electron chi connectivity index (χ4n) is 1.43. The molecule has 2 nitrogen and oxygen atoms in total. The van der Waals surface area contributed by atoms with Gasteiger partial charge >= 0.3 is 0 Å². The molecule has 0 atom stereocenters. The summed E-state index contributed by atoms with van der Waals surface area (Å²) >= 11 is 9.32. The van der Waals surface area contributed by atoms with Gasteiger partial charge < -0.3 is 5.32 Å². The molecule has 0 unspecified atom stereocenters. The molecule has 0 aliphatic carbocycles. The van der Waals surface area contributed by atoms with Gasteiger partial charge in [0.05, 0.1) is 11.1 Å². The molecule has 92 valence electrons. The molecule has 1 rings (SSSR count). The van der Waals surface area contributed by atoms with Gasteiger partial charge in [0, 0.05) is 23.1 Å². The van der Waals surface area contributed by atoms with Crippen LogP contribution in [0.15, 0.2) is 22.7 Å². The zero-order valence-corrected chi connectivity index (χ0v) is 12.4. The lowest BCUT2D eigenvalue weighted by Crippen LogP contribution is -2.22. The Bertz CT molecular complexity index is 424. The molecule has 0 heterocycles. The van der Waals surface area contributed by atoms with Gasteiger partial charge in [-0.15, -0.1) is 0 Å². The van der Waals surface area contributed by atoms with E-state index in [1.54, 1.807) is 0 Å². The first-order valence-corrected chi connectivity index (χ1v) is 6.67. The third kappa shape index (κ3) is 4.97. The van der Waals surface area contributed by atoms with Crippen molar-refractivity contribution in [3.63, 3.8) is 0 Å². The highest BCUT2D eigenvalue weighted by molar-refractivity contribution is 9.10. The van der Waals surface area contributed by atoms with Crippen molar-refractivity contribution in [1.82, 2.24) is 0 Å². The van der Waals surface area contributed by atoms with Crippen LogP contribution in [0, 0.1) is 16.7 Å². The van der Waals surface area contributed by atoms with E-state index < -0.39 is 0 Å². The number of benzene rings is 1. The largest absolute Gasteiger partial charge is 0.384 e. The van der Waals surface area contributed by atoms with E-state index in [4.69, 9.17) is 16.9 Å². The predicted molar refractivity (Wildman–Crippen MR) is 76.3 cm³/mol. The Labute approximate surface area is 116 Å². The van der Waals surface area contributed by atoms with Crippen LogP contribution in [0.25, 0.3) is 0 Å². The Hall–Kier alpha value is -0.720. The topological polar surface area (TPSA) is 35.8 Å². The Morgan fingerprint density at radius 1 is 1.47 bits per heavy atom. The van der Waals surface area contributed by atoms with Gasteiger partial charge in [-0.1, -0.05) is 25.4 Å². The smallest absolute Gasteiger partial charge is 0.0621 e. The van der Waals surface area contributed by atoms with E-state index in [2.05, 4.69) is 41.2 Å². The van der Waals surface area contributed by atoms with Crippen LogP contribution in [0.5, 0.6) is 0 Å². The predicted octanol–water partition coefficient (Wildman–Crippen LogP) is 4.84. The average molecular weight is 316 g/mol. The monoisotopic (exact) mass is 314 g/mol. The third-order valence-electron chi connectivity index (χ3n) is 2.60. The van der Waals surface area contributed by atoms with Gasteiger partial charge in [-0.3, -0.25) is 0 Å². The molecule has 0 spiro atoms. The molecule has 0 bridgehead atoms. The van der Waals surface area contributed by atoms with Gasteiger partial charge in [-0.2, -0.15) is 5.26 Å². The van der Waals surface area contributed by atoms with Gasteiger partial charge in [0.25, 0.3) is 0 Å². The van der Waals surface area contributed by atoms with Crippen LogP contribution < -0.4 is 5.32 Å². The quantitative estimate of drug-likeness (QED) is 0.843. The van der Waals surface area contributed by atoms with Gasteiger partial charge in [0.1, 0.15) is 0 Å². The van der Waals surface area contributed by atoms with E-state index in [0.717, 1.165) is 23.1 Å². The molecular weight excluding hydrogens is 300 g/mol. The molecule has 0 radical (unpaired) electrons. The van der Waals surface area contributed by atoms with Crippen molar-refractivity contribution in [2.24, 2.45) is 5.41 Å². The van der Waals surface area contributed by atoms with E-state index in [1.807, 2.05) is 18.2 Å². The summed E-state index contributed by atoms with van der Waals surface area (Å²) in [6, 6.07) is 7.96. The molecule has 17 heavy (non-hydrogen) atoms. The van der Waals surface area contributed by atoms with Crippen molar-refractivity contribution in [1.29, 1.82) is 5.26 Å². The van der Waals surface area contributed by atoms with Crippen molar-refractivity contribution in [3.05, 3.63) is 27.7 Å². The Balaban J connectivity index is 2.55. The van der Waals surface area contributed by atoms with E-state index in [9.17, 15) is 0 Å². The second-order valence-electron chi connectivity index (χ2n) is 4.80. The Kier molecular flexibility index (Phi) is 5.30. The van der Waals surface area contributed by atoms with Crippen molar-refractivity contribution >= 4 is 33.2 Å². The highest BCUT2D eigenvalue weighted by Crippen LogP contribution is 2.27. The molecule has 1 aromatic carbocycles. The molecular formula is C13H16BrClN2. The van der Waals surface area contributed by atoms with Gasteiger partial charge in [0.2, 0.25) is 0 Å². The third-order valence-corrected chi connectivity index (χ3v) is 3.82. The normalized spacial score (nSPS) is 11.0. The maximum atomic E-state index is 8.59. The van der Waals surface area contributed by atoms with E-state index in [-0.39, 0.29) is 5.41 Å². The molecule has 4 heteroatoms. The minimum absolute atomic E-state index is 0.113. The maximum absolute atomic E-state index is 8.59. The lowest BCUT2D eigenvalue weighted by molar-refractivity contribution is 0.364. The molecule has 0 aliphatic heterocycles. The summed E-state index contributed by atoms with van der Waals surface area (Å²) < 4.78 is 0.888. The molecule has 0 amide bonds. The lowest BCUT2D eigenvalue weighted by Gasteiger charge is -2.24. The number of rotatable bonds is 5. The summed E-state index contributed by atoms with van der Waals surface area (Å²) in [5.41, 5.74) is 1.15. The average Bonchev–Trinajstić information content (AvgIpc) is 2.28. The Morgan fingerprint density at radius 2 is 2.18 bits per heavy atom. The number of hydrogen-bond acceptors (Lipinski definition) is 2. The molecule has 0 saturated carbocycles. The first-order chi connectivity index (χ1) is 7.94. The molecule has 0 aliphatic rings. The van der Waals surface area contributed by atoms with Crippen LogP contribution in [-0.4, -0.2) is 6.54 Å². The fraction of sp³-hybridized carbons (Fsp3) is 0.462. The van der Waals surface area contributed by atoms with Crippen LogP contribution >= 0.6 is 27.5 Å². The minimum atomic E-state index is 0.113. The van der Waals surface area contributed by atoms with E-state index >= 15 is 0 Å². The van der Waals surface area contributed by atoms with Crippen LogP contribution in [0.4, 0.5) is 5.69 Å². The minimum Gasteiger partial charge on any atom is -0.384 e. The van der Waals surface area contributed by atoms with Crippen molar-refractivity contribution in [2.45, 2.75) is 26.7 Å². The number of halogens is 2. The second-order valence-corrected chi connectivity index (χ2v) is 6.07. The highest BCUT2D eigenvalue weighted by Gasteiger charge is 2.17. The summed E-state index contributed by atoms with van der Waals surface area (Å²) in [7, 11) is 0. The first-order valence-electron chi connectivity index (χ1n) is 5.50. The zero-order valence-electron chi connectivity index (χ0n) is 10.1. The summed E-state index contributed by atoms with van der Waals surface area (Å²) in [6.45, 7) is 5.15. The molecule has 1 aromatic rings. The van der Waals surface area contributed by atoms with E-state index in [0.29, 0.717) is 11.4 Å². The van der Waals surface area contributed by atoms with Crippen LogP contribution in [0.2, 0.25) is 5.02 Å². The van der Waals surface area contributed by atoms with E-state index in [1.165, 1.54) is 0 Å². The maximum Gasteiger partial charge on any atom is 0.0621 e. The summed E-state index contributed by atoms with van der Waals surface area (Å²) in [5.74, 6) is 0.